The molecule has 0 bridgehead atoms. The van der Waals surface area contributed by atoms with E-state index >= 15 is 0 Å². The maximum absolute atomic E-state index is 12.1. The minimum Gasteiger partial charge on any atom is -0.497 e. The van der Waals surface area contributed by atoms with Crippen LogP contribution < -0.4 is 14.8 Å². The van der Waals surface area contributed by atoms with Gasteiger partial charge in [0.2, 0.25) is 5.91 Å². The summed E-state index contributed by atoms with van der Waals surface area (Å²) >= 11 is 4.69. The van der Waals surface area contributed by atoms with Crippen LogP contribution in [0.15, 0.2) is 64.1 Å². The first-order valence-electron chi connectivity index (χ1n) is 8.33. The van der Waals surface area contributed by atoms with Gasteiger partial charge >= 0.3 is 0 Å². The maximum atomic E-state index is 12.1. The van der Waals surface area contributed by atoms with Gasteiger partial charge in [-0.3, -0.25) is 4.79 Å². The highest BCUT2D eigenvalue weighted by Crippen LogP contribution is 2.32. The molecule has 1 amide bonds. The lowest BCUT2D eigenvalue weighted by molar-refractivity contribution is -0.113. The Bertz CT molecular complexity index is 950. The molecule has 1 N–H and O–H groups in total. The normalized spacial score (nSPS) is 10.4. The summed E-state index contributed by atoms with van der Waals surface area (Å²) in [5.74, 6) is 1.53. The molecule has 0 saturated carbocycles. The average Bonchev–Trinajstić information content (AvgIpc) is 2.74. The summed E-state index contributed by atoms with van der Waals surface area (Å²) in [6.07, 6.45) is 0. The summed E-state index contributed by atoms with van der Waals surface area (Å²) in [5.41, 5.74) is 2.21. The largest absolute Gasteiger partial charge is 0.497 e. The van der Waals surface area contributed by atoms with Gasteiger partial charge in [0.15, 0.2) is 0 Å². The number of nitrogens with zero attached hydrogens (tertiary/aromatic N) is 2. The topological polar surface area (TPSA) is 73.3 Å². The Hall–Kier alpha value is -2.58. The van der Waals surface area contributed by atoms with Crippen molar-refractivity contribution in [3.8, 4) is 22.8 Å². The number of carbonyl (C=O) groups is 1. The van der Waals surface area contributed by atoms with E-state index in [2.05, 4.69) is 31.4 Å². The zero-order valence-electron chi connectivity index (χ0n) is 15.3. The van der Waals surface area contributed by atoms with Crippen molar-refractivity contribution in [2.75, 3.05) is 25.3 Å². The smallest absolute Gasteiger partial charge is 0.234 e. The molecule has 144 valence electrons. The number of thioether (sulfide) groups is 1. The molecule has 6 nitrogen and oxygen atoms in total. The second kappa shape index (κ2) is 9.57. The Balaban J connectivity index is 1.63. The predicted octanol–water partition coefficient (Wildman–Crippen LogP) is 4.65. The van der Waals surface area contributed by atoms with Gasteiger partial charge in [0, 0.05) is 15.7 Å². The van der Waals surface area contributed by atoms with E-state index in [9.17, 15) is 4.79 Å². The fourth-order valence-corrected chi connectivity index (χ4v) is 3.30. The number of rotatable bonds is 7. The minimum absolute atomic E-state index is 0.104. The Labute approximate surface area is 175 Å². The third kappa shape index (κ3) is 5.24. The van der Waals surface area contributed by atoms with Gasteiger partial charge in [-0.15, -0.1) is 10.2 Å². The second-order valence-electron chi connectivity index (χ2n) is 5.67. The number of nitrogens with one attached hydrogen (secondary N) is 1. The number of amides is 1. The number of hydrogen-bond acceptors (Lipinski definition) is 6. The van der Waals surface area contributed by atoms with Gasteiger partial charge in [-0.1, -0.05) is 27.7 Å². The van der Waals surface area contributed by atoms with Crippen LogP contribution in [0.5, 0.6) is 11.5 Å². The maximum Gasteiger partial charge on any atom is 0.234 e. The zero-order chi connectivity index (χ0) is 19.9. The van der Waals surface area contributed by atoms with Crippen LogP contribution >= 0.6 is 27.7 Å². The summed E-state index contributed by atoms with van der Waals surface area (Å²) < 4.78 is 11.6. The molecule has 0 aliphatic heterocycles. The molecule has 0 unspecified atom stereocenters. The van der Waals surface area contributed by atoms with Crippen molar-refractivity contribution in [2.24, 2.45) is 0 Å². The lowest BCUT2D eigenvalue weighted by Gasteiger charge is -2.10. The standard InChI is InChI=1S/C20H18BrN3O3S/c1-26-15-7-9-18(27-2)16(11-15)17-8-10-20(24-23-17)28-12-19(25)22-14-5-3-13(21)4-6-14/h3-11H,12H2,1-2H3,(H,22,25). The molecule has 0 saturated heterocycles. The Kier molecular flexibility index (Phi) is 6.89. The molecule has 0 spiro atoms. The van der Waals surface area contributed by atoms with Gasteiger partial charge in [-0.25, -0.2) is 0 Å². The third-order valence-electron chi connectivity index (χ3n) is 3.80. The SMILES string of the molecule is COc1ccc(OC)c(-c2ccc(SCC(=O)Nc3ccc(Br)cc3)nn2)c1. The first kappa shape index (κ1) is 20.2. The Morgan fingerprint density at radius 3 is 2.46 bits per heavy atom. The van der Waals surface area contributed by atoms with E-state index in [1.807, 2.05) is 54.6 Å². The van der Waals surface area contributed by atoms with Crippen molar-refractivity contribution in [3.63, 3.8) is 0 Å². The molecule has 0 atom stereocenters. The van der Waals surface area contributed by atoms with Crippen molar-refractivity contribution >= 4 is 39.3 Å². The first-order valence-corrected chi connectivity index (χ1v) is 10.1. The zero-order valence-corrected chi connectivity index (χ0v) is 17.7. The van der Waals surface area contributed by atoms with Crippen LogP contribution in [0.4, 0.5) is 5.69 Å². The van der Waals surface area contributed by atoms with Crippen molar-refractivity contribution in [1.29, 1.82) is 0 Å². The van der Waals surface area contributed by atoms with Crippen LogP contribution in [0.25, 0.3) is 11.3 Å². The summed E-state index contributed by atoms with van der Waals surface area (Å²) in [6, 6.07) is 16.6. The molecule has 0 radical (unpaired) electrons. The monoisotopic (exact) mass is 459 g/mol. The Morgan fingerprint density at radius 2 is 1.82 bits per heavy atom. The quantitative estimate of drug-likeness (QED) is 0.518. The van der Waals surface area contributed by atoms with Gasteiger partial charge in [0.1, 0.15) is 16.5 Å². The number of methoxy groups -OCH3 is 2. The fourth-order valence-electron chi connectivity index (χ4n) is 2.42. The number of anilines is 1. The van der Waals surface area contributed by atoms with E-state index in [-0.39, 0.29) is 11.7 Å². The number of hydrogen-bond donors (Lipinski definition) is 1. The molecular formula is C20H18BrN3O3S. The summed E-state index contributed by atoms with van der Waals surface area (Å²) in [7, 11) is 3.21. The fraction of sp³-hybridized carbons (Fsp3) is 0.150. The van der Waals surface area contributed by atoms with Crippen LogP contribution in [0, 0.1) is 0 Å². The molecule has 3 rings (SSSR count). The highest BCUT2D eigenvalue weighted by molar-refractivity contribution is 9.10. The van der Waals surface area contributed by atoms with E-state index < -0.39 is 0 Å². The van der Waals surface area contributed by atoms with E-state index in [4.69, 9.17) is 9.47 Å². The molecule has 0 aliphatic carbocycles. The van der Waals surface area contributed by atoms with E-state index in [1.54, 1.807) is 14.2 Å². The van der Waals surface area contributed by atoms with E-state index in [0.717, 1.165) is 15.7 Å². The van der Waals surface area contributed by atoms with Crippen LogP contribution in [-0.2, 0) is 4.79 Å². The van der Waals surface area contributed by atoms with Gasteiger partial charge in [-0.2, -0.15) is 0 Å². The molecule has 1 heterocycles. The van der Waals surface area contributed by atoms with Crippen molar-refractivity contribution < 1.29 is 14.3 Å². The number of benzene rings is 2. The number of aromatic nitrogens is 2. The molecular weight excluding hydrogens is 442 g/mol. The highest BCUT2D eigenvalue weighted by Gasteiger charge is 2.11. The van der Waals surface area contributed by atoms with Crippen molar-refractivity contribution in [3.05, 3.63) is 59.1 Å². The van der Waals surface area contributed by atoms with Crippen LogP contribution in [0.1, 0.15) is 0 Å². The second-order valence-corrected chi connectivity index (χ2v) is 7.58. The van der Waals surface area contributed by atoms with Crippen LogP contribution in [-0.4, -0.2) is 36.1 Å². The van der Waals surface area contributed by atoms with E-state index in [0.29, 0.717) is 22.2 Å². The highest BCUT2D eigenvalue weighted by atomic mass is 79.9. The molecule has 0 fully saturated rings. The molecule has 8 heteroatoms. The number of halogens is 1. The lowest BCUT2D eigenvalue weighted by Crippen LogP contribution is -2.14. The average molecular weight is 460 g/mol. The van der Waals surface area contributed by atoms with Crippen molar-refractivity contribution in [1.82, 2.24) is 10.2 Å². The van der Waals surface area contributed by atoms with Crippen LogP contribution in [0.2, 0.25) is 0 Å². The van der Waals surface area contributed by atoms with Crippen molar-refractivity contribution in [2.45, 2.75) is 5.03 Å². The first-order chi connectivity index (χ1) is 13.6. The minimum atomic E-state index is -0.104. The van der Waals surface area contributed by atoms with Gasteiger partial charge in [0.05, 0.1) is 25.7 Å². The number of ether oxygens (including phenoxy) is 2. The Morgan fingerprint density at radius 1 is 1.04 bits per heavy atom. The third-order valence-corrected chi connectivity index (χ3v) is 5.25. The lowest BCUT2D eigenvalue weighted by atomic mass is 10.1. The van der Waals surface area contributed by atoms with Gasteiger partial charge in [-0.05, 0) is 54.6 Å². The summed E-state index contributed by atoms with van der Waals surface area (Å²) in [6.45, 7) is 0. The summed E-state index contributed by atoms with van der Waals surface area (Å²) in [5, 5.41) is 12.0. The molecule has 28 heavy (non-hydrogen) atoms. The van der Waals surface area contributed by atoms with E-state index in [1.165, 1.54) is 11.8 Å². The summed E-state index contributed by atoms with van der Waals surface area (Å²) in [4.78, 5) is 12.1. The molecule has 3 aromatic rings. The van der Waals surface area contributed by atoms with Gasteiger partial charge in [0.25, 0.3) is 0 Å². The predicted molar refractivity (Wildman–Crippen MR) is 114 cm³/mol. The molecule has 1 aromatic heterocycles. The molecule has 0 aliphatic rings. The van der Waals surface area contributed by atoms with Crippen LogP contribution in [0.3, 0.4) is 0 Å². The molecule has 2 aromatic carbocycles. The number of carbonyl (C=O) groups excluding carboxylic acids is 1. The van der Waals surface area contributed by atoms with Gasteiger partial charge < -0.3 is 14.8 Å².